The molecular formula is C45H30N6. The number of anilines is 3. The standard InChI is InChI=1S/C45H30N6/c1-4-15-29(16-5-1)43-46-44(30-17-6-2-7-18-30)48-45(47-43)51-38-25-13-12-24-37(38)50-41-28-40-34(27-35(41)33-22-14-26-39(51)42(33)50)32-21-10-11-23-36(32)49(40)31-19-8-3-9-20-31/h1-10,12-22,24-28H,11,23H2. The van der Waals surface area contributed by atoms with Crippen LogP contribution in [0.4, 0.5) is 17.3 Å². The summed E-state index contributed by atoms with van der Waals surface area (Å²) in [6.45, 7) is 0. The quantitative estimate of drug-likeness (QED) is 0.189. The van der Waals surface area contributed by atoms with Crippen molar-refractivity contribution in [3.8, 4) is 34.2 Å². The first kappa shape index (κ1) is 28.1. The molecule has 0 N–H and O–H groups in total. The molecule has 4 heterocycles. The van der Waals surface area contributed by atoms with E-state index in [1.54, 1.807) is 0 Å². The average molecular weight is 655 g/mol. The summed E-state index contributed by atoms with van der Waals surface area (Å²) in [6.07, 6.45) is 6.70. The Kier molecular flexibility index (Phi) is 5.98. The zero-order chi connectivity index (χ0) is 33.5. The lowest BCUT2D eigenvalue weighted by molar-refractivity contribution is 0.888. The molecule has 6 heteroatoms. The molecule has 1 aliphatic carbocycles. The van der Waals surface area contributed by atoms with Gasteiger partial charge in [0.1, 0.15) is 0 Å². The van der Waals surface area contributed by atoms with E-state index < -0.39 is 0 Å². The lowest BCUT2D eigenvalue weighted by Gasteiger charge is -2.31. The Balaban J connectivity index is 1.22. The van der Waals surface area contributed by atoms with E-state index in [0.717, 1.165) is 46.5 Å². The van der Waals surface area contributed by atoms with Gasteiger partial charge in [-0.05, 0) is 55.3 Å². The van der Waals surface area contributed by atoms with E-state index in [-0.39, 0.29) is 0 Å². The number of nitrogens with zero attached hydrogens (tertiary/aromatic N) is 6. The van der Waals surface area contributed by atoms with Gasteiger partial charge >= 0.3 is 0 Å². The summed E-state index contributed by atoms with van der Waals surface area (Å²) >= 11 is 0. The number of para-hydroxylation sites is 4. The minimum Gasteiger partial charge on any atom is -0.313 e. The molecule has 0 bridgehead atoms. The summed E-state index contributed by atoms with van der Waals surface area (Å²) in [5.41, 5.74) is 12.4. The minimum absolute atomic E-state index is 0.582. The Hall–Kier alpha value is -6.79. The molecule has 1 aliphatic heterocycles. The van der Waals surface area contributed by atoms with Crippen LogP contribution in [0.2, 0.25) is 0 Å². The second kappa shape index (κ2) is 10.9. The van der Waals surface area contributed by atoms with Crippen molar-refractivity contribution in [1.29, 1.82) is 0 Å². The van der Waals surface area contributed by atoms with Gasteiger partial charge in [0.05, 0.1) is 33.6 Å². The number of allylic oxidation sites excluding steroid dienone is 1. The van der Waals surface area contributed by atoms with Crippen LogP contribution in [0.5, 0.6) is 0 Å². The number of fused-ring (bicyclic) bond motifs is 8. The Morgan fingerprint density at radius 1 is 0.490 bits per heavy atom. The molecule has 51 heavy (non-hydrogen) atoms. The van der Waals surface area contributed by atoms with Crippen LogP contribution in [0.1, 0.15) is 17.7 Å². The fourth-order valence-electron chi connectivity index (χ4n) is 8.15. The van der Waals surface area contributed by atoms with Gasteiger partial charge in [-0.25, -0.2) is 4.98 Å². The smallest absolute Gasteiger partial charge is 0.238 e. The van der Waals surface area contributed by atoms with Gasteiger partial charge in [-0.1, -0.05) is 115 Å². The highest BCUT2D eigenvalue weighted by molar-refractivity contribution is 6.19. The summed E-state index contributed by atoms with van der Waals surface area (Å²) in [5.74, 6) is 1.86. The first-order chi connectivity index (χ1) is 25.3. The minimum atomic E-state index is 0.582. The molecule has 0 saturated carbocycles. The first-order valence-electron chi connectivity index (χ1n) is 17.4. The maximum absolute atomic E-state index is 5.18. The van der Waals surface area contributed by atoms with Gasteiger partial charge in [0.2, 0.25) is 5.95 Å². The van der Waals surface area contributed by atoms with Crippen molar-refractivity contribution in [2.24, 2.45) is 0 Å². The zero-order valence-corrected chi connectivity index (χ0v) is 27.6. The van der Waals surface area contributed by atoms with Crippen molar-refractivity contribution < 1.29 is 0 Å². The van der Waals surface area contributed by atoms with E-state index >= 15 is 0 Å². The Morgan fingerprint density at radius 2 is 1.12 bits per heavy atom. The highest BCUT2D eigenvalue weighted by Gasteiger charge is 2.31. The number of aromatic nitrogens is 5. The van der Waals surface area contributed by atoms with Crippen molar-refractivity contribution >= 4 is 56.1 Å². The van der Waals surface area contributed by atoms with Crippen molar-refractivity contribution in [3.63, 3.8) is 0 Å². The monoisotopic (exact) mass is 654 g/mol. The molecule has 240 valence electrons. The van der Waals surface area contributed by atoms with Crippen LogP contribution >= 0.6 is 0 Å². The first-order valence-corrected chi connectivity index (χ1v) is 17.4. The molecule has 3 aromatic heterocycles. The average Bonchev–Trinajstić information content (AvgIpc) is 3.71. The Morgan fingerprint density at radius 3 is 1.84 bits per heavy atom. The molecule has 11 rings (SSSR count). The molecule has 0 radical (unpaired) electrons. The van der Waals surface area contributed by atoms with Gasteiger partial charge in [0.15, 0.2) is 11.6 Å². The second-order valence-corrected chi connectivity index (χ2v) is 13.2. The largest absolute Gasteiger partial charge is 0.313 e. The molecule has 2 aliphatic rings. The third-order valence-electron chi connectivity index (χ3n) is 10.3. The lowest BCUT2D eigenvalue weighted by atomic mass is 10.0. The van der Waals surface area contributed by atoms with Crippen molar-refractivity contribution in [2.75, 3.05) is 4.90 Å². The van der Waals surface area contributed by atoms with E-state index in [2.05, 4.69) is 135 Å². The molecule has 9 aromatic rings. The van der Waals surface area contributed by atoms with Gasteiger partial charge in [0, 0.05) is 44.2 Å². The number of hydrogen-bond donors (Lipinski definition) is 0. The van der Waals surface area contributed by atoms with Crippen molar-refractivity contribution in [2.45, 2.75) is 12.8 Å². The molecule has 0 saturated heterocycles. The molecule has 0 fully saturated rings. The lowest BCUT2D eigenvalue weighted by Crippen LogP contribution is -2.21. The number of hydrogen-bond acceptors (Lipinski definition) is 4. The van der Waals surface area contributed by atoms with Crippen LogP contribution in [-0.4, -0.2) is 24.1 Å². The molecule has 6 nitrogen and oxygen atoms in total. The van der Waals surface area contributed by atoms with Crippen molar-refractivity contribution in [3.05, 3.63) is 163 Å². The van der Waals surface area contributed by atoms with Crippen LogP contribution in [0.25, 0.3) is 72.9 Å². The van der Waals surface area contributed by atoms with Gasteiger partial charge in [-0.2, -0.15) is 9.97 Å². The topological polar surface area (TPSA) is 51.8 Å². The SMILES string of the molecule is C1=Cc2c(n(-c3ccccc3)c3cc4c(cc23)c2cccc3c2n4-c2ccccc2N3c2nc(-c3ccccc3)nc(-c3ccccc3)n2)CC1. The van der Waals surface area contributed by atoms with E-state index in [4.69, 9.17) is 15.0 Å². The van der Waals surface area contributed by atoms with Crippen LogP contribution in [0, 0.1) is 0 Å². The highest BCUT2D eigenvalue weighted by atomic mass is 15.3. The Bertz CT molecular complexity index is 2790. The van der Waals surface area contributed by atoms with Crippen LogP contribution in [0.3, 0.4) is 0 Å². The molecule has 0 unspecified atom stereocenters. The third-order valence-corrected chi connectivity index (χ3v) is 10.3. The van der Waals surface area contributed by atoms with Gasteiger partial charge in [-0.15, -0.1) is 0 Å². The zero-order valence-electron chi connectivity index (χ0n) is 27.6. The number of benzene rings is 6. The van der Waals surface area contributed by atoms with E-state index in [1.165, 1.54) is 44.1 Å². The molecule has 6 aromatic carbocycles. The maximum Gasteiger partial charge on any atom is 0.238 e. The molecule has 0 amide bonds. The normalized spacial score (nSPS) is 13.2. The summed E-state index contributed by atoms with van der Waals surface area (Å²) in [4.78, 5) is 17.6. The van der Waals surface area contributed by atoms with Crippen LogP contribution in [0.15, 0.2) is 152 Å². The number of rotatable bonds is 4. The van der Waals surface area contributed by atoms with E-state index in [9.17, 15) is 0 Å². The third kappa shape index (κ3) is 4.14. The summed E-state index contributed by atoms with van der Waals surface area (Å²) in [5, 5.41) is 3.71. The summed E-state index contributed by atoms with van der Waals surface area (Å²) < 4.78 is 4.92. The summed E-state index contributed by atoms with van der Waals surface area (Å²) in [6, 6.07) is 51.1. The molecule has 0 spiro atoms. The fraction of sp³-hybridized carbons (Fsp3) is 0.0444. The predicted octanol–water partition coefficient (Wildman–Crippen LogP) is 11.0. The summed E-state index contributed by atoms with van der Waals surface area (Å²) in [7, 11) is 0. The van der Waals surface area contributed by atoms with E-state index in [1.807, 2.05) is 36.4 Å². The fourth-order valence-corrected chi connectivity index (χ4v) is 8.15. The van der Waals surface area contributed by atoms with Crippen LogP contribution in [-0.2, 0) is 6.42 Å². The van der Waals surface area contributed by atoms with E-state index in [0.29, 0.717) is 17.6 Å². The van der Waals surface area contributed by atoms with Crippen molar-refractivity contribution in [1.82, 2.24) is 24.1 Å². The predicted molar refractivity (Wildman–Crippen MR) is 207 cm³/mol. The maximum atomic E-state index is 5.18. The van der Waals surface area contributed by atoms with Gasteiger partial charge in [0.25, 0.3) is 0 Å². The van der Waals surface area contributed by atoms with Gasteiger partial charge < -0.3 is 9.13 Å². The highest BCUT2D eigenvalue weighted by Crippen LogP contribution is 2.50. The Labute approximate surface area is 294 Å². The van der Waals surface area contributed by atoms with Crippen LogP contribution < -0.4 is 4.90 Å². The molecular weight excluding hydrogens is 625 g/mol. The second-order valence-electron chi connectivity index (χ2n) is 13.2. The molecule has 0 atom stereocenters. The van der Waals surface area contributed by atoms with Gasteiger partial charge in [-0.3, -0.25) is 4.90 Å².